The van der Waals surface area contributed by atoms with Crippen LogP contribution in [0.5, 0.6) is 0 Å². The predicted octanol–water partition coefficient (Wildman–Crippen LogP) is 5.44. The Hall–Kier alpha value is -2.33. The first-order chi connectivity index (χ1) is 12.8. The molecule has 0 saturated heterocycles. The fourth-order valence-corrected chi connectivity index (χ4v) is 3.92. The lowest BCUT2D eigenvalue weighted by molar-refractivity contribution is -0.119. The van der Waals surface area contributed by atoms with E-state index in [1.165, 1.54) is 33.8 Å². The van der Waals surface area contributed by atoms with Gasteiger partial charge in [0, 0.05) is 5.39 Å². The maximum Gasteiger partial charge on any atom is 0.230 e. The number of fused-ring (bicyclic) bond motifs is 1. The van der Waals surface area contributed by atoms with Gasteiger partial charge in [-0.1, -0.05) is 48.2 Å². The fraction of sp³-hybridized carbons (Fsp3) is 0.304. The molecule has 4 heteroatoms. The van der Waals surface area contributed by atoms with E-state index in [2.05, 4.69) is 75.5 Å². The molecule has 0 aliphatic heterocycles. The standard InChI is InChI=1S/C23H26N2OS/c1-14-9-10-19(11-16(14)3)18(5)24-21(26)13-27-22-12-17(4)20-8-6-7-15(2)23(20)25-22/h6-12,18H,13H2,1-5H3,(H,24,26)/t18-/m1/s1. The number of hydrogen-bond acceptors (Lipinski definition) is 3. The highest BCUT2D eigenvalue weighted by molar-refractivity contribution is 7.99. The van der Waals surface area contributed by atoms with Crippen LogP contribution in [0.3, 0.4) is 0 Å². The summed E-state index contributed by atoms with van der Waals surface area (Å²) >= 11 is 1.49. The van der Waals surface area contributed by atoms with Gasteiger partial charge in [-0.15, -0.1) is 0 Å². The number of benzene rings is 2. The van der Waals surface area contributed by atoms with Crippen LogP contribution >= 0.6 is 11.8 Å². The maximum absolute atomic E-state index is 12.4. The van der Waals surface area contributed by atoms with Gasteiger partial charge >= 0.3 is 0 Å². The quantitative estimate of drug-likeness (QED) is 0.601. The first kappa shape index (κ1) is 19.4. The Morgan fingerprint density at radius 1 is 1.00 bits per heavy atom. The molecule has 0 aliphatic rings. The lowest BCUT2D eigenvalue weighted by Crippen LogP contribution is -2.28. The Morgan fingerprint density at radius 3 is 2.52 bits per heavy atom. The van der Waals surface area contributed by atoms with Gasteiger partial charge in [-0.2, -0.15) is 0 Å². The van der Waals surface area contributed by atoms with Gasteiger partial charge in [0.15, 0.2) is 0 Å². The van der Waals surface area contributed by atoms with Crippen LogP contribution in [0.25, 0.3) is 10.9 Å². The molecule has 2 aromatic carbocycles. The van der Waals surface area contributed by atoms with Crippen molar-refractivity contribution in [2.24, 2.45) is 0 Å². The summed E-state index contributed by atoms with van der Waals surface area (Å²) in [4.78, 5) is 17.2. The van der Waals surface area contributed by atoms with Crippen LogP contribution in [0.15, 0.2) is 47.5 Å². The van der Waals surface area contributed by atoms with Crippen LogP contribution in [0.2, 0.25) is 0 Å². The summed E-state index contributed by atoms with van der Waals surface area (Å²) in [5.41, 5.74) is 7.01. The van der Waals surface area contributed by atoms with Gasteiger partial charge in [-0.3, -0.25) is 4.79 Å². The summed E-state index contributed by atoms with van der Waals surface area (Å²) in [5.74, 6) is 0.383. The second-order valence-corrected chi connectivity index (χ2v) is 8.17. The van der Waals surface area contributed by atoms with Gasteiger partial charge in [0.25, 0.3) is 0 Å². The van der Waals surface area contributed by atoms with Crippen molar-refractivity contribution in [3.63, 3.8) is 0 Å². The van der Waals surface area contributed by atoms with E-state index in [1.807, 2.05) is 6.92 Å². The van der Waals surface area contributed by atoms with Gasteiger partial charge in [-0.25, -0.2) is 4.98 Å². The van der Waals surface area contributed by atoms with E-state index >= 15 is 0 Å². The number of aryl methyl sites for hydroxylation is 4. The zero-order valence-corrected chi connectivity index (χ0v) is 17.4. The van der Waals surface area contributed by atoms with Crippen molar-refractivity contribution < 1.29 is 4.79 Å². The monoisotopic (exact) mass is 378 g/mol. The van der Waals surface area contributed by atoms with Crippen molar-refractivity contribution in [2.75, 3.05) is 5.75 Å². The number of nitrogens with zero attached hydrogens (tertiary/aromatic N) is 1. The van der Waals surface area contributed by atoms with Crippen molar-refractivity contribution in [1.82, 2.24) is 10.3 Å². The molecule has 0 fully saturated rings. The summed E-state index contributed by atoms with van der Waals surface area (Å²) in [6.07, 6.45) is 0. The molecule has 0 saturated carbocycles. The fourth-order valence-electron chi connectivity index (χ4n) is 3.14. The highest BCUT2D eigenvalue weighted by atomic mass is 32.2. The molecule has 140 valence electrons. The molecular weight excluding hydrogens is 352 g/mol. The number of nitrogens with one attached hydrogen (secondary N) is 1. The summed E-state index contributed by atoms with van der Waals surface area (Å²) in [6.45, 7) is 10.4. The number of aromatic nitrogens is 1. The van der Waals surface area contributed by atoms with E-state index in [0.717, 1.165) is 21.7 Å². The molecule has 0 unspecified atom stereocenters. The second kappa shape index (κ2) is 8.13. The first-order valence-electron chi connectivity index (χ1n) is 9.21. The minimum absolute atomic E-state index is 0.00839. The number of amides is 1. The van der Waals surface area contributed by atoms with Gasteiger partial charge in [0.05, 0.1) is 22.3 Å². The Labute approximate surface area is 165 Å². The molecule has 0 bridgehead atoms. The zero-order chi connectivity index (χ0) is 19.6. The Balaban J connectivity index is 1.66. The topological polar surface area (TPSA) is 42.0 Å². The average molecular weight is 379 g/mol. The van der Waals surface area contributed by atoms with E-state index in [0.29, 0.717) is 5.75 Å². The molecule has 1 aromatic heterocycles. The summed E-state index contributed by atoms with van der Waals surface area (Å²) in [6, 6.07) is 14.6. The Morgan fingerprint density at radius 2 is 1.78 bits per heavy atom. The molecule has 1 amide bonds. The number of pyridine rings is 1. The third-order valence-electron chi connectivity index (χ3n) is 4.98. The van der Waals surface area contributed by atoms with E-state index in [1.54, 1.807) is 0 Å². The average Bonchev–Trinajstić information content (AvgIpc) is 2.63. The lowest BCUT2D eigenvalue weighted by Gasteiger charge is -2.16. The minimum atomic E-state index is -0.00839. The van der Waals surface area contributed by atoms with Crippen molar-refractivity contribution in [1.29, 1.82) is 0 Å². The van der Waals surface area contributed by atoms with Gasteiger partial charge in [-0.05, 0) is 68.5 Å². The molecular formula is C23H26N2OS. The summed E-state index contributed by atoms with van der Waals surface area (Å²) in [5, 5.41) is 5.15. The van der Waals surface area contributed by atoms with Crippen LogP contribution in [0, 0.1) is 27.7 Å². The molecule has 3 rings (SSSR count). The van der Waals surface area contributed by atoms with E-state index in [9.17, 15) is 4.79 Å². The number of carbonyl (C=O) groups is 1. The van der Waals surface area contributed by atoms with Crippen molar-refractivity contribution in [3.8, 4) is 0 Å². The van der Waals surface area contributed by atoms with Crippen LogP contribution in [0.1, 0.15) is 40.8 Å². The molecule has 3 nitrogen and oxygen atoms in total. The maximum atomic E-state index is 12.4. The van der Waals surface area contributed by atoms with E-state index in [-0.39, 0.29) is 11.9 Å². The summed E-state index contributed by atoms with van der Waals surface area (Å²) in [7, 11) is 0. The molecule has 27 heavy (non-hydrogen) atoms. The number of hydrogen-bond donors (Lipinski definition) is 1. The van der Waals surface area contributed by atoms with Gasteiger partial charge in [0.2, 0.25) is 5.91 Å². The second-order valence-electron chi connectivity index (χ2n) is 7.17. The van der Waals surface area contributed by atoms with Crippen LogP contribution in [-0.4, -0.2) is 16.6 Å². The largest absolute Gasteiger partial charge is 0.349 e. The summed E-state index contributed by atoms with van der Waals surface area (Å²) < 4.78 is 0. The molecule has 3 aromatic rings. The number of carbonyl (C=O) groups excluding carboxylic acids is 1. The molecule has 1 N–H and O–H groups in total. The predicted molar refractivity (Wildman–Crippen MR) is 114 cm³/mol. The molecule has 1 heterocycles. The lowest BCUT2D eigenvalue weighted by atomic mass is 10.0. The highest BCUT2D eigenvalue weighted by Gasteiger charge is 2.12. The minimum Gasteiger partial charge on any atom is -0.349 e. The van der Waals surface area contributed by atoms with Crippen LogP contribution in [-0.2, 0) is 4.79 Å². The van der Waals surface area contributed by atoms with E-state index in [4.69, 9.17) is 4.98 Å². The number of para-hydroxylation sites is 1. The first-order valence-corrected chi connectivity index (χ1v) is 10.2. The van der Waals surface area contributed by atoms with E-state index < -0.39 is 0 Å². The Bertz CT molecular complexity index is 997. The molecule has 0 spiro atoms. The van der Waals surface area contributed by atoms with Crippen molar-refractivity contribution >= 4 is 28.6 Å². The Kier molecular flexibility index (Phi) is 5.85. The number of thioether (sulfide) groups is 1. The SMILES string of the molecule is Cc1ccc([C@@H](C)NC(=O)CSc2cc(C)c3cccc(C)c3n2)cc1C. The van der Waals surface area contributed by atoms with Gasteiger partial charge < -0.3 is 5.32 Å². The van der Waals surface area contributed by atoms with Crippen molar-refractivity contribution in [3.05, 3.63) is 70.3 Å². The van der Waals surface area contributed by atoms with Crippen LogP contribution < -0.4 is 5.32 Å². The third-order valence-corrected chi connectivity index (χ3v) is 5.90. The molecule has 0 aliphatic carbocycles. The number of rotatable bonds is 5. The van der Waals surface area contributed by atoms with Gasteiger partial charge in [0.1, 0.15) is 0 Å². The third kappa shape index (κ3) is 4.51. The molecule has 0 radical (unpaired) electrons. The molecule has 1 atom stereocenters. The smallest absolute Gasteiger partial charge is 0.230 e. The van der Waals surface area contributed by atoms with Crippen molar-refractivity contribution in [2.45, 2.75) is 45.7 Å². The zero-order valence-electron chi connectivity index (χ0n) is 16.6. The normalized spacial score (nSPS) is 12.2. The highest BCUT2D eigenvalue weighted by Crippen LogP contribution is 2.25. The van der Waals surface area contributed by atoms with Crippen LogP contribution in [0.4, 0.5) is 0 Å².